The minimum atomic E-state index is 0.193. The highest BCUT2D eigenvalue weighted by Crippen LogP contribution is 2.24. The van der Waals surface area contributed by atoms with Gasteiger partial charge in [-0.3, -0.25) is 4.79 Å². The van der Waals surface area contributed by atoms with Crippen LogP contribution in [0.5, 0.6) is 0 Å². The first-order chi connectivity index (χ1) is 7.39. The molecule has 3 nitrogen and oxygen atoms in total. The predicted octanol–water partition coefficient (Wildman–Crippen LogP) is 1.93. The van der Waals surface area contributed by atoms with E-state index in [1.54, 1.807) is 0 Å². The van der Waals surface area contributed by atoms with Gasteiger partial charge in [0.05, 0.1) is 0 Å². The van der Waals surface area contributed by atoms with Gasteiger partial charge in [0.2, 0.25) is 5.91 Å². The second kappa shape index (κ2) is 5.67. The molecule has 2 N–H and O–H groups in total. The highest BCUT2D eigenvalue weighted by Gasteiger charge is 2.22. The van der Waals surface area contributed by atoms with Gasteiger partial charge in [0, 0.05) is 19.0 Å². The molecule has 1 fully saturated rings. The Hall–Kier alpha value is -0.570. The third-order valence-corrected chi connectivity index (χ3v) is 3.67. The van der Waals surface area contributed by atoms with Gasteiger partial charge in [0.1, 0.15) is 0 Å². The molecule has 1 rings (SSSR count). The molecule has 1 heterocycles. The van der Waals surface area contributed by atoms with E-state index in [1.165, 1.54) is 0 Å². The molecule has 0 spiro atoms. The molecule has 0 bridgehead atoms. The molecule has 0 radical (unpaired) electrons. The van der Waals surface area contributed by atoms with Crippen molar-refractivity contribution in [1.29, 1.82) is 0 Å². The Labute approximate surface area is 99.4 Å². The molecule has 1 saturated heterocycles. The first-order valence-corrected chi connectivity index (χ1v) is 6.39. The first-order valence-electron chi connectivity index (χ1n) is 6.39. The number of nitrogens with one attached hydrogen (secondary N) is 2. The zero-order valence-electron chi connectivity index (χ0n) is 11.1. The topological polar surface area (TPSA) is 41.1 Å². The molecule has 1 aliphatic heterocycles. The minimum Gasteiger partial charge on any atom is -0.356 e. The smallest absolute Gasteiger partial charge is 0.221 e. The van der Waals surface area contributed by atoms with Gasteiger partial charge < -0.3 is 10.6 Å². The zero-order valence-corrected chi connectivity index (χ0v) is 11.1. The lowest BCUT2D eigenvalue weighted by molar-refractivity contribution is -0.121. The molecular formula is C13H26N2O. The molecule has 2 atom stereocenters. The quantitative estimate of drug-likeness (QED) is 0.772. The van der Waals surface area contributed by atoms with Crippen molar-refractivity contribution in [3.63, 3.8) is 0 Å². The fraction of sp³-hybridized carbons (Fsp3) is 0.923. The minimum absolute atomic E-state index is 0.193. The van der Waals surface area contributed by atoms with Crippen molar-refractivity contribution >= 4 is 5.91 Å². The Morgan fingerprint density at radius 2 is 2.19 bits per heavy atom. The van der Waals surface area contributed by atoms with Crippen LogP contribution in [0.15, 0.2) is 0 Å². The number of hydrogen-bond donors (Lipinski definition) is 2. The summed E-state index contributed by atoms with van der Waals surface area (Å²) in [5, 5.41) is 6.45. The summed E-state index contributed by atoms with van der Waals surface area (Å²) < 4.78 is 0. The van der Waals surface area contributed by atoms with Gasteiger partial charge in [0.25, 0.3) is 0 Å². The van der Waals surface area contributed by atoms with Crippen LogP contribution >= 0.6 is 0 Å². The van der Waals surface area contributed by atoms with Crippen molar-refractivity contribution in [2.75, 3.05) is 13.1 Å². The Kier molecular flexibility index (Phi) is 4.78. The number of hydrogen-bond acceptors (Lipinski definition) is 2. The zero-order chi connectivity index (χ0) is 12.2. The number of rotatable bonds is 3. The van der Waals surface area contributed by atoms with E-state index < -0.39 is 0 Å². The van der Waals surface area contributed by atoms with E-state index in [1.807, 2.05) is 0 Å². The fourth-order valence-corrected chi connectivity index (χ4v) is 1.80. The van der Waals surface area contributed by atoms with Crippen LogP contribution < -0.4 is 10.6 Å². The lowest BCUT2D eigenvalue weighted by Gasteiger charge is -2.29. The molecule has 3 heteroatoms. The third kappa shape index (κ3) is 4.52. The summed E-state index contributed by atoms with van der Waals surface area (Å²) in [6.45, 7) is 10.9. The van der Waals surface area contributed by atoms with E-state index in [0.717, 1.165) is 25.9 Å². The largest absolute Gasteiger partial charge is 0.356 e. The van der Waals surface area contributed by atoms with Gasteiger partial charge >= 0.3 is 0 Å². The molecule has 0 aromatic carbocycles. The monoisotopic (exact) mass is 226 g/mol. The van der Waals surface area contributed by atoms with Crippen molar-refractivity contribution in [2.45, 2.75) is 53.0 Å². The standard InChI is InChI=1S/C13H26N2O/c1-10(13(2,3)4)9-15-11-6-5-7-14-12(16)8-11/h10-11,15H,5-9H2,1-4H3,(H,14,16). The highest BCUT2D eigenvalue weighted by atomic mass is 16.1. The molecule has 0 saturated carbocycles. The molecule has 0 aliphatic carbocycles. The van der Waals surface area contributed by atoms with Crippen LogP contribution in [0.25, 0.3) is 0 Å². The Bertz CT molecular complexity index is 233. The lowest BCUT2D eigenvalue weighted by atomic mass is 9.82. The predicted molar refractivity (Wildman–Crippen MR) is 67.3 cm³/mol. The summed E-state index contributed by atoms with van der Waals surface area (Å²) in [6, 6.07) is 0.368. The molecular weight excluding hydrogens is 200 g/mol. The van der Waals surface area contributed by atoms with Crippen LogP contribution in [-0.2, 0) is 4.79 Å². The van der Waals surface area contributed by atoms with Gasteiger partial charge in [-0.15, -0.1) is 0 Å². The average Bonchev–Trinajstić information content (AvgIpc) is 2.37. The molecule has 0 aromatic heterocycles. The van der Waals surface area contributed by atoms with E-state index in [-0.39, 0.29) is 5.91 Å². The second-order valence-corrected chi connectivity index (χ2v) is 6.07. The van der Waals surface area contributed by atoms with E-state index in [9.17, 15) is 4.79 Å². The maximum Gasteiger partial charge on any atom is 0.221 e. The Balaban J connectivity index is 2.33. The molecule has 2 unspecified atom stereocenters. The van der Waals surface area contributed by atoms with Crippen LogP contribution in [0.2, 0.25) is 0 Å². The van der Waals surface area contributed by atoms with Gasteiger partial charge in [-0.1, -0.05) is 27.7 Å². The summed E-state index contributed by atoms with van der Waals surface area (Å²) in [5.74, 6) is 0.817. The van der Waals surface area contributed by atoms with Crippen molar-refractivity contribution in [3.05, 3.63) is 0 Å². The van der Waals surface area contributed by atoms with Crippen LogP contribution in [0.3, 0.4) is 0 Å². The van der Waals surface area contributed by atoms with Gasteiger partial charge in [0.15, 0.2) is 0 Å². The van der Waals surface area contributed by atoms with Gasteiger partial charge in [-0.05, 0) is 30.7 Å². The highest BCUT2D eigenvalue weighted by molar-refractivity contribution is 5.76. The Morgan fingerprint density at radius 1 is 1.50 bits per heavy atom. The van der Waals surface area contributed by atoms with Crippen molar-refractivity contribution in [1.82, 2.24) is 10.6 Å². The maximum absolute atomic E-state index is 11.4. The van der Waals surface area contributed by atoms with Crippen LogP contribution in [0, 0.1) is 11.3 Å². The van der Waals surface area contributed by atoms with E-state index in [0.29, 0.717) is 23.8 Å². The summed E-state index contributed by atoms with van der Waals surface area (Å²) in [5.41, 5.74) is 0.333. The van der Waals surface area contributed by atoms with Crippen molar-refractivity contribution < 1.29 is 4.79 Å². The SMILES string of the molecule is CC(CNC1CCCNC(=O)C1)C(C)(C)C. The second-order valence-electron chi connectivity index (χ2n) is 6.07. The number of carbonyl (C=O) groups is 1. The number of carbonyl (C=O) groups excluding carboxylic acids is 1. The Morgan fingerprint density at radius 3 is 2.81 bits per heavy atom. The van der Waals surface area contributed by atoms with Crippen molar-refractivity contribution in [3.8, 4) is 0 Å². The summed E-state index contributed by atoms with van der Waals surface area (Å²) in [4.78, 5) is 11.4. The summed E-state index contributed by atoms with van der Waals surface area (Å²) in [6.07, 6.45) is 2.83. The van der Waals surface area contributed by atoms with Gasteiger partial charge in [-0.2, -0.15) is 0 Å². The van der Waals surface area contributed by atoms with Gasteiger partial charge in [-0.25, -0.2) is 0 Å². The van der Waals surface area contributed by atoms with E-state index >= 15 is 0 Å². The molecule has 16 heavy (non-hydrogen) atoms. The fourth-order valence-electron chi connectivity index (χ4n) is 1.80. The molecule has 1 amide bonds. The first kappa shape index (κ1) is 13.5. The molecule has 1 aliphatic rings. The average molecular weight is 226 g/mol. The summed E-state index contributed by atoms with van der Waals surface area (Å²) >= 11 is 0. The van der Waals surface area contributed by atoms with E-state index in [4.69, 9.17) is 0 Å². The number of amides is 1. The lowest BCUT2D eigenvalue weighted by Crippen LogP contribution is -2.38. The third-order valence-electron chi connectivity index (χ3n) is 3.67. The van der Waals surface area contributed by atoms with Crippen molar-refractivity contribution in [2.24, 2.45) is 11.3 Å². The molecule has 94 valence electrons. The summed E-state index contributed by atoms with van der Waals surface area (Å²) in [7, 11) is 0. The normalized spacial score (nSPS) is 24.8. The van der Waals surface area contributed by atoms with Crippen LogP contribution in [0.4, 0.5) is 0 Å². The van der Waals surface area contributed by atoms with E-state index in [2.05, 4.69) is 38.3 Å². The maximum atomic E-state index is 11.4. The van der Waals surface area contributed by atoms with Crippen LogP contribution in [0.1, 0.15) is 47.0 Å². The van der Waals surface area contributed by atoms with Crippen LogP contribution in [-0.4, -0.2) is 25.0 Å². The molecule has 0 aromatic rings.